The zero-order valence-electron chi connectivity index (χ0n) is 19.3. The lowest BCUT2D eigenvalue weighted by atomic mass is 9.96. The molecule has 2 aliphatic rings. The van der Waals surface area contributed by atoms with Crippen LogP contribution in [-0.4, -0.2) is 43.1 Å². The lowest BCUT2D eigenvalue weighted by Gasteiger charge is -2.38. The van der Waals surface area contributed by atoms with Gasteiger partial charge in [-0.15, -0.1) is 0 Å². The lowest BCUT2D eigenvalue weighted by molar-refractivity contribution is -0.145. The first-order chi connectivity index (χ1) is 17.1. The number of rotatable bonds is 4. The van der Waals surface area contributed by atoms with Crippen LogP contribution in [0.1, 0.15) is 40.9 Å². The fourth-order valence-electron chi connectivity index (χ4n) is 5.00. The van der Waals surface area contributed by atoms with Crippen LogP contribution in [0.15, 0.2) is 24.3 Å². The third kappa shape index (κ3) is 4.92. The Balaban J connectivity index is 1.79. The molecule has 0 radical (unpaired) electrons. The Hall–Kier alpha value is -3.09. The third-order valence-corrected chi connectivity index (χ3v) is 6.96. The van der Waals surface area contributed by atoms with Gasteiger partial charge >= 0.3 is 18.3 Å². The first-order valence-corrected chi connectivity index (χ1v) is 11.3. The van der Waals surface area contributed by atoms with Crippen molar-refractivity contribution in [3.8, 4) is 0 Å². The maximum atomic E-state index is 14.1. The van der Waals surface area contributed by atoms with E-state index < -0.39 is 70.1 Å². The van der Waals surface area contributed by atoms with Gasteiger partial charge in [0.05, 0.1) is 28.9 Å². The number of fused-ring (bicyclic) bond motifs is 2. The summed E-state index contributed by atoms with van der Waals surface area (Å²) in [6, 6.07) is 0.490. The molecule has 0 spiro atoms. The molecule has 1 saturated heterocycles. The summed E-state index contributed by atoms with van der Waals surface area (Å²) in [7, 11) is 2.28. The maximum Gasteiger partial charge on any atom is 0.433 e. The number of amides is 1. The Morgan fingerprint density at radius 1 is 1.08 bits per heavy atom. The largest absolute Gasteiger partial charge is 0.465 e. The molecule has 6 nitrogen and oxygen atoms in total. The molecule has 2 aromatic rings. The van der Waals surface area contributed by atoms with E-state index in [4.69, 9.17) is 11.6 Å². The van der Waals surface area contributed by atoms with E-state index in [0.29, 0.717) is 25.3 Å². The highest BCUT2D eigenvalue weighted by atomic mass is 35.5. The van der Waals surface area contributed by atoms with Crippen LogP contribution in [0, 0.1) is 11.7 Å². The zero-order chi connectivity index (χ0) is 27.4. The molecule has 4 rings (SSSR count). The Labute approximate surface area is 210 Å². The van der Waals surface area contributed by atoms with Crippen molar-refractivity contribution in [2.45, 2.75) is 43.7 Å². The summed E-state index contributed by atoms with van der Waals surface area (Å²) in [6.07, 6.45) is -8.96. The van der Waals surface area contributed by atoms with Crippen LogP contribution < -0.4 is 9.80 Å². The van der Waals surface area contributed by atoms with Crippen LogP contribution in [0.3, 0.4) is 0 Å². The molecule has 1 amide bonds. The van der Waals surface area contributed by atoms with E-state index >= 15 is 0 Å². The predicted molar refractivity (Wildman–Crippen MR) is 118 cm³/mol. The molecule has 0 N–H and O–H groups in total. The summed E-state index contributed by atoms with van der Waals surface area (Å²) in [5, 5.41) is -0.415. The van der Waals surface area contributed by atoms with Gasteiger partial charge in [0.2, 0.25) is 5.91 Å². The molecule has 1 aromatic heterocycles. The number of halogens is 8. The first-order valence-electron chi connectivity index (χ1n) is 10.9. The monoisotopic (exact) mass is 553 g/mol. The van der Waals surface area contributed by atoms with Crippen LogP contribution in [0.5, 0.6) is 0 Å². The van der Waals surface area contributed by atoms with E-state index in [1.54, 1.807) is 0 Å². The minimum Gasteiger partial charge on any atom is -0.465 e. The van der Waals surface area contributed by atoms with Crippen molar-refractivity contribution in [1.82, 2.24) is 4.98 Å². The highest BCUT2D eigenvalue weighted by Gasteiger charge is 2.52. The van der Waals surface area contributed by atoms with E-state index in [1.807, 2.05) is 0 Å². The van der Waals surface area contributed by atoms with E-state index in [-0.39, 0.29) is 17.3 Å². The van der Waals surface area contributed by atoms with Crippen LogP contribution >= 0.6 is 11.6 Å². The topological polar surface area (TPSA) is 62.7 Å². The number of likely N-dealkylation sites (N-methyl/N-ethyl adjacent to an activating group) is 1. The molecular formula is C23H19ClF7N3O3. The van der Waals surface area contributed by atoms with Crippen LogP contribution in [0.4, 0.5) is 42.2 Å². The molecule has 2 fully saturated rings. The fraction of sp³-hybridized carbons (Fsp3) is 0.435. The van der Waals surface area contributed by atoms with Gasteiger partial charge in [-0.3, -0.25) is 4.79 Å². The summed E-state index contributed by atoms with van der Waals surface area (Å²) >= 11 is 5.85. The Kier molecular flexibility index (Phi) is 6.80. The van der Waals surface area contributed by atoms with E-state index in [2.05, 4.69) is 9.72 Å². The van der Waals surface area contributed by atoms with Crippen molar-refractivity contribution < 1.29 is 45.1 Å². The molecule has 200 valence electrons. The molecular weight excluding hydrogens is 535 g/mol. The maximum absolute atomic E-state index is 14.1. The second-order valence-electron chi connectivity index (χ2n) is 8.85. The van der Waals surface area contributed by atoms with Crippen molar-refractivity contribution in [2.24, 2.45) is 5.92 Å². The summed E-state index contributed by atoms with van der Waals surface area (Å²) in [5.74, 6) is -3.72. The molecule has 1 saturated carbocycles. The highest BCUT2D eigenvalue weighted by Crippen LogP contribution is 2.47. The Morgan fingerprint density at radius 2 is 1.76 bits per heavy atom. The number of methoxy groups -OCH3 is 1. The van der Waals surface area contributed by atoms with E-state index in [0.717, 1.165) is 24.1 Å². The fourth-order valence-corrected chi connectivity index (χ4v) is 5.15. The smallest absolute Gasteiger partial charge is 0.433 e. The molecule has 2 bridgehead atoms. The normalized spacial score (nSPS) is 21.4. The highest BCUT2D eigenvalue weighted by molar-refractivity contribution is 6.31. The zero-order valence-corrected chi connectivity index (χ0v) is 20.0. The quantitative estimate of drug-likeness (QED) is 0.358. The molecule has 1 aliphatic carbocycles. The number of benzene rings is 1. The van der Waals surface area contributed by atoms with Crippen LogP contribution in [-0.2, 0) is 21.9 Å². The van der Waals surface area contributed by atoms with Gasteiger partial charge < -0.3 is 14.5 Å². The lowest BCUT2D eigenvalue weighted by Crippen LogP contribution is -2.52. The number of aromatic nitrogens is 1. The molecule has 2 heterocycles. The predicted octanol–water partition coefficient (Wildman–Crippen LogP) is 5.72. The number of nitrogens with zero attached hydrogens (tertiary/aromatic N) is 3. The van der Waals surface area contributed by atoms with Crippen molar-refractivity contribution in [3.05, 3.63) is 51.9 Å². The summed E-state index contributed by atoms with van der Waals surface area (Å²) in [6.45, 7) is 0. The second-order valence-corrected chi connectivity index (χ2v) is 9.25. The second kappa shape index (κ2) is 9.34. The third-order valence-electron chi connectivity index (χ3n) is 6.67. The van der Waals surface area contributed by atoms with Gasteiger partial charge in [0.25, 0.3) is 0 Å². The Morgan fingerprint density at radius 3 is 2.35 bits per heavy atom. The number of hydrogen-bond donors (Lipinski definition) is 0. The SMILES string of the molecule is COC(=O)c1cc(F)c(Cl)cc1N(C)C(=O)[C@@H]1[C@H]2CC[C@H](C2)N1c1cc(C(F)(F)F)cc(C(F)(F)F)n1. The molecule has 3 atom stereocenters. The summed E-state index contributed by atoms with van der Waals surface area (Å²) in [5.41, 5.74) is -3.77. The number of anilines is 2. The van der Waals surface area contributed by atoms with E-state index in [9.17, 15) is 40.3 Å². The number of pyridine rings is 1. The number of carbonyl (C=O) groups is 2. The number of esters is 1. The van der Waals surface area contributed by atoms with Crippen molar-refractivity contribution in [1.29, 1.82) is 0 Å². The summed E-state index contributed by atoms with van der Waals surface area (Å²) in [4.78, 5) is 31.5. The average molecular weight is 554 g/mol. The molecule has 1 aromatic carbocycles. The molecule has 37 heavy (non-hydrogen) atoms. The molecule has 14 heteroatoms. The number of alkyl halides is 6. The number of ether oxygens (including phenoxy) is 1. The Bertz CT molecular complexity index is 1220. The number of carbonyl (C=O) groups excluding carboxylic acids is 2. The van der Waals surface area contributed by atoms with Gasteiger partial charge in [-0.2, -0.15) is 26.3 Å². The first kappa shape index (κ1) is 27.0. The molecule has 0 unspecified atom stereocenters. The van der Waals surface area contributed by atoms with Gasteiger partial charge in [-0.1, -0.05) is 11.6 Å². The van der Waals surface area contributed by atoms with Crippen molar-refractivity contribution in [2.75, 3.05) is 24.0 Å². The van der Waals surface area contributed by atoms with Crippen LogP contribution in [0.25, 0.3) is 0 Å². The van der Waals surface area contributed by atoms with Gasteiger partial charge in [0.15, 0.2) is 0 Å². The number of piperidine rings is 1. The average Bonchev–Trinajstić information content (AvgIpc) is 3.44. The number of hydrogen-bond acceptors (Lipinski definition) is 5. The van der Waals surface area contributed by atoms with Crippen LogP contribution in [0.2, 0.25) is 5.02 Å². The standard InChI is InChI=1S/C23H19ClF7N3O3/c1-33(16-9-14(24)15(25)8-13(16)21(36)37-2)20(35)19-10-3-4-12(5-10)34(19)18-7-11(22(26,27)28)6-17(32-18)23(29,30)31/h6-10,12,19H,3-5H2,1-2H3/t10-,12+,19-/m0/s1. The van der Waals surface area contributed by atoms with Gasteiger partial charge in [-0.05, 0) is 49.4 Å². The minimum absolute atomic E-state index is 0.0794. The minimum atomic E-state index is -5.16. The molecule has 1 aliphatic heterocycles. The summed E-state index contributed by atoms with van der Waals surface area (Å²) < 4.78 is 99.4. The van der Waals surface area contributed by atoms with Gasteiger partial charge in [0, 0.05) is 13.1 Å². The van der Waals surface area contributed by atoms with Crippen molar-refractivity contribution in [3.63, 3.8) is 0 Å². The van der Waals surface area contributed by atoms with Crippen molar-refractivity contribution >= 4 is 35.0 Å². The van der Waals surface area contributed by atoms with Gasteiger partial charge in [-0.25, -0.2) is 14.2 Å². The van der Waals surface area contributed by atoms with Gasteiger partial charge in [0.1, 0.15) is 23.4 Å². The van der Waals surface area contributed by atoms with E-state index in [1.165, 1.54) is 11.9 Å².